The number of anilines is 1. The van der Waals surface area contributed by atoms with Crippen LogP contribution < -0.4 is 15.0 Å². The predicted molar refractivity (Wildman–Crippen MR) is 160 cm³/mol. The summed E-state index contributed by atoms with van der Waals surface area (Å²) < 4.78 is 16.9. The maximum Gasteiger partial charge on any atom is 0.513 e. The molecule has 5 rings (SSSR count). The molecule has 11 nitrogen and oxygen atoms in total. The summed E-state index contributed by atoms with van der Waals surface area (Å²) in [5.74, 6) is 1.16. The Balaban J connectivity index is 1.18. The molecule has 2 aliphatic rings. The van der Waals surface area contributed by atoms with Gasteiger partial charge in [-0.25, -0.2) is 4.79 Å². The molecule has 0 radical (unpaired) electrons. The van der Waals surface area contributed by atoms with Gasteiger partial charge in [0.25, 0.3) is 0 Å². The van der Waals surface area contributed by atoms with E-state index >= 15 is 0 Å². The van der Waals surface area contributed by atoms with Crippen LogP contribution in [0.1, 0.15) is 37.6 Å². The number of hydrogen-bond acceptors (Lipinski definition) is 10. The zero-order valence-corrected chi connectivity index (χ0v) is 25.1. The maximum atomic E-state index is 12.9. The molecule has 1 N–H and O–H groups in total. The lowest BCUT2D eigenvalue weighted by atomic mass is 9.84. The summed E-state index contributed by atoms with van der Waals surface area (Å²) in [6.07, 6.45) is -0.0721. The predicted octanol–water partition coefficient (Wildman–Crippen LogP) is 4.59. The van der Waals surface area contributed by atoms with Crippen LogP contribution in [-0.4, -0.2) is 77.7 Å². The number of benzene rings is 2. The number of aryl methyl sites for hydroxylation is 1. The Bertz CT molecular complexity index is 1480. The number of carbonyl (C=O) groups excluding carboxylic acids is 1. The van der Waals surface area contributed by atoms with Crippen LogP contribution in [0.25, 0.3) is 5.57 Å². The normalized spacial score (nSPS) is 17.7. The fourth-order valence-electron chi connectivity index (χ4n) is 5.47. The number of halogens is 1. The first kappa shape index (κ1) is 29.4. The molecule has 1 saturated heterocycles. The quantitative estimate of drug-likeness (QED) is 0.280. The van der Waals surface area contributed by atoms with E-state index in [2.05, 4.69) is 36.6 Å². The van der Waals surface area contributed by atoms with Gasteiger partial charge in [0, 0.05) is 49.0 Å². The maximum absolute atomic E-state index is 12.9. The Kier molecular flexibility index (Phi) is 9.28. The number of dihydropyridines is 1. The van der Waals surface area contributed by atoms with Crippen LogP contribution >= 0.6 is 11.6 Å². The largest absolute Gasteiger partial charge is 0.513 e. The molecule has 0 spiro atoms. The van der Waals surface area contributed by atoms with Crippen molar-refractivity contribution in [2.45, 2.75) is 26.2 Å². The number of nitrogens with zero attached hydrogens (tertiary/aromatic N) is 6. The van der Waals surface area contributed by atoms with Crippen LogP contribution in [-0.2, 0) is 16.5 Å². The van der Waals surface area contributed by atoms with Crippen molar-refractivity contribution >= 4 is 29.0 Å². The van der Waals surface area contributed by atoms with E-state index in [-0.39, 0.29) is 6.61 Å². The SMILES string of the molecule is COc1ccccc1N1CCN(CCCOC(=O)OC2=C(C)NC(C)=C(c3nnn(C)n3)C2c2ccccc2Cl)CC1. The monoisotopic (exact) mass is 593 g/mol. The first-order chi connectivity index (χ1) is 20.4. The van der Waals surface area contributed by atoms with Crippen molar-refractivity contribution in [3.63, 3.8) is 0 Å². The van der Waals surface area contributed by atoms with E-state index in [1.54, 1.807) is 20.2 Å². The summed E-state index contributed by atoms with van der Waals surface area (Å²) in [5, 5.41) is 16.5. The van der Waals surface area contributed by atoms with Gasteiger partial charge >= 0.3 is 6.16 Å². The molecule has 1 atom stereocenters. The van der Waals surface area contributed by atoms with Gasteiger partial charge in [-0.3, -0.25) is 4.90 Å². The van der Waals surface area contributed by atoms with E-state index in [0.717, 1.165) is 61.0 Å². The number of allylic oxidation sites excluding steroid dienone is 3. The van der Waals surface area contributed by atoms with Crippen molar-refractivity contribution in [1.29, 1.82) is 0 Å². The molecule has 2 aliphatic heterocycles. The number of aromatic nitrogens is 4. The second-order valence-corrected chi connectivity index (χ2v) is 10.7. The molecular formula is C30H36ClN7O4. The van der Waals surface area contributed by atoms with E-state index < -0.39 is 12.1 Å². The Morgan fingerprint density at radius 1 is 1.05 bits per heavy atom. The lowest BCUT2D eigenvalue weighted by Gasteiger charge is -2.36. The molecule has 2 aromatic carbocycles. The molecular weight excluding hydrogens is 558 g/mol. The Morgan fingerprint density at radius 2 is 1.79 bits per heavy atom. The van der Waals surface area contributed by atoms with Gasteiger partial charge in [-0.1, -0.05) is 41.9 Å². The summed E-state index contributed by atoms with van der Waals surface area (Å²) in [6, 6.07) is 15.5. The van der Waals surface area contributed by atoms with Gasteiger partial charge in [-0.2, -0.15) is 4.80 Å². The van der Waals surface area contributed by atoms with Crippen molar-refractivity contribution in [2.24, 2.45) is 7.05 Å². The molecule has 1 aromatic heterocycles. The number of ether oxygens (including phenoxy) is 3. The number of carbonyl (C=O) groups is 1. The summed E-state index contributed by atoms with van der Waals surface area (Å²) in [5.41, 5.74) is 4.09. The molecule has 1 fully saturated rings. The highest BCUT2D eigenvalue weighted by Crippen LogP contribution is 2.44. The summed E-state index contributed by atoms with van der Waals surface area (Å²) in [4.78, 5) is 19.0. The average Bonchev–Trinajstić information content (AvgIpc) is 3.42. The molecule has 42 heavy (non-hydrogen) atoms. The zero-order chi connectivity index (χ0) is 29.6. The third kappa shape index (κ3) is 6.52. The van der Waals surface area contributed by atoms with Crippen LogP contribution in [0.2, 0.25) is 5.02 Å². The second kappa shape index (κ2) is 13.3. The smallest absolute Gasteiger partial charge is 0.495 e. The molecule has 12 heteroatoms. The third-order valence-electron chi connectivity index (χ3n) is 7.49. The first-order valence-electron chi connectivity index (χ1n) is 14.0. The molecule has 222 valence electrons. The van der Waals surface area contributed by atoms with Crippen molar-refractivity contribution < 1.29 is 19.0 Å². The lowest BCUT2D eigenvalue weighted by Crippen LogP contribution is -2.46. The fourth-order valence-corrected chi connectivity index (χ4v) is 5.72. The molecule has 3 aromatic rings. The number of rotatable bonds is 9. The summed E-state index contributed by atoms with van der Waals surface area (Å²) in [6.45, 7) is 8.49. The van der Waals surface area contributed by atoms with Gasteiger partial charge < -0.3 is 24.4 Å². The molecule has 3 heterocycles. The Hall–Kier alpha value is -4.09. The molecule has 0 amide bonds. The standard InChI is InChI=1S/C30H36ClN7O4/c1-20-26(29-33-35-36(3)34-29)27(22-10-5-6-11-23(22)31)28(21(2)32-20)42-30(39)41-19-9-14-37-15-17-38(18-16-37)24-12-7-8-13-25(24)40-4/h5-8,10-13,27,32H,9,14-19H2,1-4H3. The number of tetrazole rings is 1. The van der Waals surface area contributed by atoms with E-state index in [1.165, 1.54) is 4.80 Å². The van der Waals surface area contributed by atoms with Gasteiger partial charge in [0.1, 0.15) is 11.5 Å². The minimum atomic E-state index is -0.768. The molecule has 0 aliphatic carbocycles. The molecule has 0 bridgehead atoms. The number of piperazine rings is 1. The van der Waals surface area contributed by atoms with Gasteiger partial charge in [0.05, 0.1) is 38.1 Å². The minimum absolute atomic E-state index is 0.246. The molecule has 1 unspecified atom stereocenters. The van der Waals surface area contributed by atoms with E-state index in [9.17, 15) is 4.79 Å². The van der Waals surface area contributed by atoms with Crippen LogP contribution in [0.5, 0.6) is 5.75 Å². The lowest BCUT2D eigenvalue weighted by molar-refractivity contribution is 0.0696. The Labute approximate surface area is 250 Å². The van der Waals surface area contributed by atoms with Crippen molar-refractivity contribution in [1.82, 2.24) is 30.4 Å². The first-order valence-corrected chi connectivity index (χ1v) is 14.4. The average molecular weight is 594 g/mol. The van der Waals surface area contributed by atoms with Crippen LogP contribution in [0.15, 0.2) is 65.7 Å². The highest BCUT2D eigenvalue weighted by molar-refractivity contribution is 6.31. The fraction of sp³-hybridized carbons (Fsp3) is 0.400. The second-order valence-electron chi connectivity index (χ2n) is 10.3. The van der Waals surface area contributed by atoms with Gasteiger partial charge in [-0.15, -0.1) is 10.2 Å². The number of para-hydroxylation sites is 2. The van der Waals surface area contributed by atoms with Crippen LogP contribution in [0.4, 0.5) is 10.5 Å². The molecule has 0 saturated carbocycles. The highest BCUT2D eigenvalue weighted by atomic mass is 35.5. The number of methoxy groups -OCH3 is 1. The van der Waals surface area contributed by atoms with Gasteiger partial charge in [-0.05, 0) is 49.2 Å². The third-order valence-corrected chi connectivity index (χ3v) is 7.84. The topological polar surface area (TPSA) is 107 Å². The van der Waals surface area contributed by atoms with Gasteiger partial charge in [0.2, 0.25) is 5.82 Å². The van der Waals surface area contributed by atoms with Crippen molar-refractivity contribution in [3.8, 4) is 5.75 Å². The van der Waals surface area contributed by atoms with Crippen molar-refractivity contribution in [3.05, 3.63) is 82.1 Å². The van der Waals surface area contributed by atoms with E-state index in [0.29, 0.717) is 28.7 Å². The van der Waals surface area contributed by atoms with E-state index in [1.807, 2.05) is 50.2 Å². The van der Waals surface area contributed by atoms with Crippen LogP contribution in [0, 0.1) is 0 Å². The highest BCUT2D eigenvalue weighted by Gasteiger charge is 2.36. The van der Waals surface area contributed by atoms with Crippen molar-refractivity contribution in [2.75, 3.05) is 51.3 Å². The minimum Gasteiger partial charge on any atom is -0.495 e. The van der Waals surface area contributed by atoms with E-state index in [4.69, 9.17) is 25.8 Å². The number of hydrogen-bond donors (Lipinski definition) is 1. The summed E-state index contributed by atoms with van der Waals surface area (Å²) >= 11 is 6.64. The van der Waals surface area contributed by atoms with Gasteiger partial charge in [0.15, 0.2) is 0 Å². The Morgan fingerprint density at radius 3 is 2.50 bits per heavy atom. The van der Waals surface area contributed by atoms with Crippen LogP contribution in [0.3, 0.4) is 0 Å². The summed E-state index contributed by atoms with van der Waals surface area (Å²) in [7, 11) is 3.40. The number of nitrogens with one attached hydrogen (secondary N) is 1. The zero-order valence-electron chi connectivity index (χ0n) is 24.3.